The van der Waals surface area contributed by atoms with Gasteiger partial charge in [-0.05, 0) is 35.9 Å². The van der Waals surface area contributed by atoms with Crippen molar-refractivity contribution in [2.75, 3.05) is 12.0 Å². The van der Waals surface area contributed by atoms with Gasteiger partial charge in [0, 0.05) is 36.3 Å². The van der Waals surface area contributed by atoms with E-state index in [4.69, 9.17) is 5.73 Å². The number of sulfonamides is 1. The van der Waals surface area contributed by atoms with Gasteiger partial charge in [-0.15, -0.1) is 0 Å². The van der Waals surface area contributed by atoms with Gasteiger partial charge in [0.25, 0.3) is 0 Å². The predicted molar refractivity (Wildman–Crippen MR) is 141 cm³/mol. The topological polar surface area (TPSA) is 168 Å². The normalized spacial score (nSPS) is 12.0. The second-order valence-electron chi connectivity index (χ2n) is 8.87. The van der Waals surface area contributed by atoms with Crippen molar-refractivity contribution in [3.8, 4) is 34.0 Å². The van der Waals surface area contributed by atoms with E-state index < -0.39 is 21.7 Å². The summed E-state index contributed by atoms with van der Waals surface area (Å²) in [5.74, 6) is -0.943. The summed E-state index contributed by atoms with van der Waals surface area (Å²) in [5, 5.41) is 7.21. The number of anilines is 1. The second kappa shape index (κ2) is 9.18. The molecule has 39 heavy (non-hydrogen) atoms. The van der Waals surface area contributed by atoms with E-state index in [0.717, 1.165) is 6.26 Å². The van der Waals surface area contributed by atoms with E-state index in [0.29, 0.717) is 44.6 Å². The Bertz CT molecular complexity index is 2000. The largest absolute Gasteiger partial charge is 0.397 e. The monoisotopic (exact) mass is 547 g/mol. The first-order valence-corrected chi connectivity index (χ1v) is 13.4. The predicted octanol–water partition coefficient (Wildman–Crippen LogP) is 3.53. The fourth-order valence-electron chi connectivity index (χ4n) is 4.30. The number of hydrogen-bond acceptors (Lipinski definition) is 8. The van der Waals surface area contributed by atoms with Crippen LogP contribution in [0.4, 0.5) is 14.5 Å². The number of fused-ring (bicyclic) bond motifs is 2. The number of hydrogen-bond donors (Lipinski definition) is 4. The first-order valence-electron chi connectivity index (χ1n) is 11.5. The number of benzene rings is 1. The Balaban J connectivity index is 1.46. The molecule has 0 atom stereocenters. The minimum absolute atomic E-state index is 0.0541. The molecule has 0 aliphatic heterocycles. The number of aromatic amines is 2. The molecule has 5 aromatic heterocycles. The third-order valence-corrected chi connectivity index (χ3v) is 6.64. The van der Waals surface area contributed by atoms with Gasteiger partial charge in [0.1, 0.15) is 22.7 Å². The highest BCUT2D eigenvalue weighted by Crippen LogP contribution is 2.34. The van der Waals surface area contributed by atoms with E-state index in [-0.39, 0.29) is 29.1 Å². The molecule has 14 heteroatoms. The highest BCUT2D eigenvalue weighted by molar-refractivity contribution is 7.88. The van der Waals surface area contributed by atoms with Crippen molar-refractivity contribution in [1.82, 2.24) is 39.8 Å². The highest BCUT2D eigenvalue weighted by Gasteiger charge is 2.22. The summed E-state index contributed by atoms with van der Waals surface area (Å²) >= 11 is 0. The lowest BCUT2D eigenvalue weighted by atomic mass is 10.1. The van der Waals surface area contributed by atoms with Gasteiger partial charge in [0.15, 0.2) is 11.6 Å². The fourth-order valence-corrected chi connectivity index (χ4v) is 4.73. The third-order valence-electron chi connectivity index (χ3n) is 5.97. The van der Waals surface area contributed by atoms with Gasteiger partial charge in [0.2, 0.25) is 10.0 Å². The van der Waals surface area contributed by atoms with E-state index in [1.807, 2.05) is 0 Å². The van der Waals surface area contributed by atoms with Crippen molar-refractivity contribution >= 4 is 37.6 Å². The molecule has 196 valence electrons. The Morgan fingerprint density at radius 2 is 1.82 bits per heavy atom. The second-order valence-corrected chi connectivity index (χ2v) is 10.7. The van der Waals surface area contributed by atoms with E-state index in [2.05, 4.69) is 39.8 Å². The summed E-state index contributed by atoms with van der Waals surface area (Å²) in [6, 6.07) is 7.39. The van der Waals surface area contributed by atoms with Crippen LogP contribution in [0.2, 0.25) is 0 Å². The molecule has 5 heterocycles. The van der Waals surface area contributed by atoms with Gasteiger partial charge in [-0.25, -0.2) is 26.9 Å². The minimum atomic E-state index is -3.47. The van der Waals surface area contributed by atoms with Gasteiger partial charge < -0.3 is 10.7 Å². The van der Waals surface area contributed by atoms with Crippen LogP contribution in [0.5, 0.6) is 0 Å². The van der Waals surface area contributed by atoms with Crippen molar-refractivity contribution in [2.24, 2.45) is 0 Å². The smallest absolute Gasteiger partial charge is 0.209 e. The van der Waals surface area contributed by atoms with Crippen molar-refractivity contribution in [1.29, 1.82) is 0 Å². The summed E-state index contributed by atoms with van der Waals surface area (Å²) in [5.41, 5.74) is 9.31. The van der Waals surface area contributed by atoms with Gasteiger partial charge in [-0.2, -0.15) is 5.10 Å². The zero-order chi connectivity index (χ0) is 27.3. The lowest BCUT2D eigenvalue weighted by Crippen LogP contribution is -2.21. The Morgan fingerprint density at radius 1 is 0.974 bits per heavy atom. The number of rotatable bonds is 6. The third kappa shape index (κ3) is 4.66. The van der Waals surface area contributed by atoms with E-state index in [1.165, 1.54) is 36.9 Å². The first kappa shape index (κ1) is 24.5. The molecule has 0 spiro atoms. The number of halogens is 2. The molecule has 0 fully saturated rings. The molecule has 0 amide bonds. The Morgan fingerprint density at radius 3 is 2.62 bits per heavy atom. The molecule has 6 rings (SSSR count). The number of H-pyrrole nitrogens is 2. The van der Waals surface area contributed by atoms with Crippen LogP contribution in [0.25, 0.3) is 56.0 Å². The molecule has 6 aromatic rings. The van der Waals surface area contributed by atoms with E-state index in [9.17, 15) is 12.8 Å². The maximum atomic E-state index is 15.8. The number of aromatic nitrogens is 7. The van der Waals surface area contributed by atoms with Gasteiger partial charge in [-0.1, -0.05) is 0 Å². The van der Waals surface area contributed by atoms with Gasteiger partial charge in [0.05, 0.1) is 40.3 Å². The van der Waals surface area contributed by atoms with Gasteiger partial charge in [-0.3, -0.25) is 20.1 Å². The van der Waals surface area contributed by atoms with Gasteiger partial charge >= 0.3 is 0 Å². The molecule has 0 aliphatic rings. The lowest BCUT2D eigenvalue weighted by Gasteiger charge is -2.07. The van der Waals surface area contributed by atoms with Crippen LogP contribution in [0, 0.1) is 11.6 Å². The highest BCUT2D eigenvalue weighted by atomic mass is 32.2. The van der Waals surface area contributed by atoms with Crippen LogP contribution in [-0.4, -0.2) is 49.8 Å². The Kier molecular flexibility index (Phi) is 5.77. The lowest BCUT2D eigenvalue weighted by molar-refractivity contribution is 0.586. The molecule has 0 saturated heterocycles. The molecule has 0 unspecified atom stereocenters. The van der Waals surface area contributed by atoms with Crippen LogP contribution in [0.1, 0.15) is 5.56 Å². The molecule has 0 radical (unpaired) electrons. The van der Waals surface area contributed by atoms with Crippen molar-refractivity contribution in [2.45, 2.75) is 6.54 Å². The van der Waals surface area contributed by atoms with Crippen LogP contribution in [-0.2, 0) is 16.6 Å². The van der Waals surface area contributed by atoms with Crippen molar-refractivity contribution in [3.63, 3.8) is 0 Å². The summed E-state index contributed by atoms with van der Waals surface area (Å²) in [6.45, 7) is -0.0944. The molecule has 0 saturated carbocycles. The number of nitrogens with one attached hydrogen (secondary N) is 3. The number of nitrogens with two attached hydrogens (primary N) is 1. The SMILES string of the molecule is CS(=O)(=O)NCc1cc(F)cc(-c2nccc3[nH]c(-c4n[nH]c5cnc(-c6cncc(N)c6)c(F)c45)nc23)c1. The molecular formula is C25H19F2N9O2S. The minimum Gasteiger partial charge on any atom is -0.397 e. The average Bonchev–Trinajstić information content (AvgIpc) is 3.51. The van der Waals surface area contributed by atoms with Crippen molar-refractivity contribution < 1.29 is 17.2 Å². The zero-order valence-electron chi connectivity index (χ0n) is 20.2. The van der Waals surface area contributed by atoms with Crippen LogP contribution < -0.4 is 10.5 Å². The standard InChI is InChI=1S/C25H19F2N9O2S/c1-39(37,38)32-8-12-4-13(6-15(26)5-12)22-23-17(2-3-30-22)33-25(34-23)24-19-18(35-36-24)11-31-21(20(19)27)14-7-16(28)10-29-9-14/h2-7,9-11,32H,8,28H2,1H3,(H,33,34)(H,35,36). The first-order chi connectivity index (χ1) is 18.7. The number of nitrogen functional groups attached to an aromatic ring is 1. The van der Waals surface area contributed by atoms with E-state index in [1.54, 1.807) is 18.2 Å². The van der Waals surface area contributed by atoms with Crippen LogP contribution in [0.15, 0.2) is 55.1 Å². The quantitative estimate of drug-likeness (QED) is 0.246. The molecule has 0 aliphatic carbocycles. The Labute approximate surface area is 219 Å². The average molecular weight is 548 g/mol. The zero-order valence-corrected chi connectivity index (χ0v) is 21.0. The van der Waals surface area contributed by atoms with Crippen LogP contribution in [0.3, 0.4) is 0 Å². The maximum absolute atomic E-state index is 15.8. The molecular weight excluding hydrogens is 528 g/mol. The Hall–Kier alpha value is -4.82. The molecule has 5 N–H and O–H groups in total. The summed E-state index contributed by atoms with van der Waals surface area (Å²) < 4.78 is 55.6. The van der Waals surface area contributed by atoms with E-state index >= 15 is 4.39 Å². The fraction of sp³-hybridized carbons (Fsp3) is 0.0800. The summed E-state index contributed by atoms with van der Waals surface area (Å²) in [6.07, 6.45) is 6.92. The van der Waals surface area contributed by atoms with Crippen LogP contribution >= 0.6 is 0 Å². The summed E-state index contributed by atoms with van der Waals surface area (Å²) in [7, 11) is -3.47. The summed E-state index contributed by atoms with van der Waals surface area (Å²) in [4.78, 5) is 20.4. The maximum Gasteiger partial charge on any atom is 0.209 e. The molecule has 0 bridgehead atoms. The number of nitrogens with zero attached hydrogens (tertiary/aromatic N) is 5. The number of imidazole rings is 1. The number of pyridine rings is 3. The molecule has 11 nitrogen and oxygen atoms in total. The van der Waals surface area contributed by atoms with Crippen molar-refractivity contribution in [3.05, 3.63) is 72.3 Å². The molecule has 1 aromatic carbocycles.